The molecule has 2 saturated heterocycles. The molecule has 5 heteroatoms. The van der Waals surface area contributed by atoms with Gasteiger partial charge < -0.3 is 15.4 Å². The third kappa shape index (κ3) is 4.61. The van der Waals surface area contributed by atoms with Gasteiger partial charge in [0.25, 0.3) is 5.91 Å². The van der Waals surface area contributed by atoms with Crippen LogP contribution in [0.15, 0.2) is 0 Å². The Hall–Kier alpha value is -0.320. The van der Waals surface area contributed by atoms with Gasteiger partial charge in [-0.05, 0) is 43.9 Å². The predicted molar refractivity (Wildman–Crippen MR) is 83.0 cm³/mol. The maximum absolute atomic E-state index is 12.5. The molecule has 4 nitrogen and oxygen atoms in total. The van der Waals surface area contributed by atoms with Gasteiger partial charge in [-0.25, -0.2) is 0 Å². The molecule has 20 heavy (non-hydrogen) atoms. The van der Waals surface area contributed by atoms with Crippen molar-refractivity contribution in [2.75, 3.05) is 19.6 Å². The highest BCUT2D eigenvalue weighted by molar-refractivity contribution is 5.85. The maximum Gasteiger partial charge on any atom is 0.251 e. The number of piperidine rings is 1. The van der Waals surface area contributed by atoms with E-state index in [1.807, 2.05) is 4.90 Å². The molecule has 2 aliphatic rings. The fourth-order valence-electron chi connectivity index (χ4n) is 3.39. The summed E-state index contributed by atoms with van der Waals surface area (Å²) in [5.41, 5.74) is 5.60. The Labute approximate surface area is 128 Å². The number of carbonyl (C=O) groups is 1. The van der Waals surface area contributed by atoms with Crippen LogP contribution in [0.1, 0.15) is 46.0 Å². The van der Waals surface area contributed by atoms with E-state index in [0.717, 1.165) is 32.4 Å². The second-order valence-electron chi connectivity index (χ2n) is 6.48. The lowest BCUT2D eigenvalue weighted by molar-refractivity contribution is -0.144. The van der Waals surface area contributed by atoms with E-state index in [-0.39, 0.29) is 30.5 Å². The number of hydrogen-bond acceptors (Lipinski definition) is 3. The number of rotatable bonds is 4. The van der Waals surface area contributed by atoms with Gasteiger partial charge in [0.2, 0.25) is 0 Å². The van der Waals surface area contributed by atoms with Crippen LogP contribution in [-0.4, -0.2) is 42.6 Å². The minimum atomic E-state index is -0.230. The van der Waals surface area contributed by atoms with Gasteiger partial charge in [-0.2, -0.15) is 0 Å². The average Bonchev–Trinajstić information content (AvgIpc) is 2.86. The summed E-state index contributed by atoms with van der Waals surface area (Å²) in [6, 6.07) is 0. The lowest BCUT2D eigenvalue weighted by Crippen LogP contribution is -2.45. The minimum Gasteiger partial charge on any atom is -0.364 e. The molecule has 2 heterocycles. The van der Waals surface area contributed by atoms with Crippen LogP contribution in [0.25, 0.3) is 0 Å². The normalized spacial score (nSPS) is 30.4. The quantitative estimate of drug-likeness (QED) is 0.866. The first-order valence-corrected chi connectivity index (χ1v) is 7.74. The molecule has 0 spiro atoms. The van der Waals surface area contributed by atoms with Crippen LogP contribution >= 0.6 is 12.4 Å². The third-order valence-corrected chi connectivity index (χ3v) is 4.28. The van der Waals surface area contributed by atoms with Gasteiger partial charge in [0.1, 0.15) is 6.10 Å². The number of ether oxygens (including phenoxy) is 1. The number of carbonyl (C=O) groups excluding carboxylic acids is 1. The standard InChI is InChI=1S/C15H28N2O2.ClH/c1-11(2)8-12-4-3-7-17(10-12)15(18)14-6-5-13(9-16)19-14;/h11-14H,3-10,16H2,1-2H3;1H/t12?,13-,14+;/m1./s1. The number of amides is 1. The zero-order valence-corrected chi connectivity index (χ0v) is 13.5. The lowest BCUT2D eigenvalue weighted by atomic mass is 9.89. The van der Waals surface area contributed by atoms with Crippen molar-refractivity contribution in [3.8, 4) is 0 Å². The molecule has 0 aliphatic carbocycles. The molecule has 0 aromatic rings. The Morgan fingerprint density at radius 1 is 1.35 bits per heavy atom. The van der Waals surface area contributed by atoms with Crippen molar-refractivity contribution in [2.45, 2.75) is 58.2 Å². The highest BCUT2D eigenvalue weighted by Crippen LogP contribution is 2.26. The number of likely N-dealkylation sites (tertiary alicyclic amines) is 1. The summed E-state index contributed by atoms with van der Waals surface area (Å²) >= 11 is 0. The molecule has 118 valence electrons. The summed E-state index contributed by atoms with van der Waals surface area (Å²) in [6.07, 6.45) is 5.24. The summed E-state index contributed by atoms with van der Waals surface area (Å²) < 4.78 is 5.73. The molecular weight excluding hydrogens is 276 g/mol. The second kappa shape index (κ2) is 8.20. The fourth-order valence-corrected chi connectivity index (χ4v) is 3.39. The van der Waals surface area contributed by atoms with E-state index >= 15 is 0 Å². The SMILES string of the molecule is CC(C)CC1CCCN(C(=O)[C@@H]2CC[C@H](CN)O2)C1.Cl. The van der Waals surface area contributed by atoms with E-state index < -0.39 is 0 Å². The number of halogens is 1. The largest absolute Gasteiger partial charge is 0.364 e. The summed E-state index contributed by atoms with van der Waals surface area (Å²) in [6.45, 7) is 6.86. The predicted octanol–water partition coefficient (Wildman–Crippen LogP) is 2.20. The molecule has 0 bridgehead atoms. The van der Waals surface area contributed by atoms with Gasteiger partial charge >= 0.3 is 0 Å². The lowest BCUT2D eigenvalue weighted by Gasteiger charge is -2.35. The van der Waals surface area contributed by atoms with Crippen molar-refractivity contribution < 1.29 is 9.53 Å². The molecule has 0 aromatic heterocycles. The number of nitrogens with two attached hydrogens (primary N) is 1. The average molecular weight is 305 g/mol. The molecule has 0 radical (unpaired) electrons. The van der Waals surface area contributed by atoms with Crippen LogP contribution in [0, 0.1) is 11.8 Å². The van der Waals surface area contributed by atoms with Crippen molar-refractivity contribution in [3.05, 3.63) is 0 Å². The Balaban J connectivity index is 0.00000200. The van der Waals surface area contributed by atoms with Crippen molar-refractivity contribution in [1.29, 1.82) is 0 Å². The van der Waals surface area contributed by atoms with Crippen molar-refractivity contribution in [3.63, 3.8) is 0 Å². The highest BCUT2D eigenvalue weighted by atomic mass is 35.5. The van der Waals surface area contributed by atoms with Crippen LogP contribution in [0.4, 0.5) is 0 Å². The van der Waals surface area contributed by atoms with E-state index in [4.69, 9.17) is 10.5 Å². The Morgan fingerprint density at radius 3 is 2.70 bits per heavy atom. The zero-order valence-electron chi connectivity index (χ0n) is 12.7. The smallest absolute Gasteiger partial charge is 0.251 e. The van der Waals surface area contributed by atoms with Gasteiger partial charge in [-0.3, -0.25) is 4.79 Å². The van der Waals surface area contributed by atoms with E-state index in [1.165, 1.54) is 12.8 Å². The summed E-state index contributed by atoms with van der Waals surface area (Å²) in [5, 5.41) is 0. The minimum absolute atomic E-state index is 0. The van der Waals surface area contributed by atoms with Crippen LogP contribution in [0.3, 0.4) is 0 Å². The first kappa shape index (κ1) is 17.7. The highest BCUT2D eigenvalue weighted by Gasteiger charge is 2.34. The third-order valence-electron chi connectivity index (χ3n) is 4.28. The van der Waals surface area contributed by atoms with E-state index in [9.17, 15) is 4.79 Å². The Kier molecular flexibility index (Phi) is 7.27. The maximum atomic E-state index is 12.5. The molecule has 2 aliphatic heterocycles. The molecule has 2 rings (SSSR count). The monoisotopic (exact) mass is 304 g/mol. The second-order valence-corrected chi connectivity index (χ2v) is 6.48. The molecule has 1 unspecified atom stereocenters. The fraction of sp³-hybridized carbons (Fsp3) is 0.933. The number of nitrogens with zero attached hydrogens (tertiary/aromatic N) is 1. The first-order chi connectivity index (χ1) is 9.10. The van der Waals surface area contributed by atoms with Gasteiger partial charge in [0, 0.05) is 19.6 Å². The van der Waals surface area contributed by atoms with Gasteiger partial charge in [0.15, 0.2) is 0 Å². The van der Waals surface area contributed by atoms with Gasteiger partial charge in [0.05, 0.1) is 6.10 Å². The van der Waals surface area contributed by atoms with Crippen LogP contribution in [0.5, 0.6) is 0 Å². The molecular formula is C15H29ClN2O2. The Bertz CT molecular complexity index is 312. The molecule has 2 N–H and O–H groups in total. The molecule has 0 saturated carbocycles. The van der Waals surface area contributed by atoms with Gasteiger partial charge in [-0.15, -0.1) is 12.4 Å². The first-order valence-electron chi connectivity index (χ1n) is 7.74. The molecule has 1 amide bonds. The zero-order chi connectivity index (χ0) is 13.8. The van der Waals surface area contributed by atoms with Crippen LogP contribution in [-0.2, 0) is 9.53 Å². The van der Waals surface area contributed by atoms with Crippen LogP contribution in [0.2, 0.25) is 0 Å². The van der Waals surface area contributed by atoms with Gasteiger partial charge in [-0.1, -0.05) is 13.8 Å². The molecule has 3 atom stereocenters. The number of hydrogen-bond donors (Lipinski definition) is 1. The van der Waals surface area contributed by atoms with Crippen molar-refractivity contribution in [2.24, 2.45) is 17.6 Å². The topological polar surface area (TPSA) is 55.6 Å². The van der Waals surface area contributed by atoms with Crippen molar-refractivity contribution in [1.82, 2.24) is 4.90 Å². The van der Waals surface area contributed by atoms with E-state index in [2.05, 4.69) is 13.8 Å². The molecule has 2 fully saturated rings. The summed E-state index contributed by atoms with van der Waals surface area (Å²) in [7, 11) is 0. The van der Waals surface area contributed by atoms with E-state index in [0.29, 0.717) is 18.4 Å². The summed E-state index contributed by atoms with van der Waals surface area (Å²) in [5.74, 6) is 1.58. The van der Waals surface area contributed by atoms with Crippen LogP contribution < -0.4 is 5.73 Å². The van der Waals surface area contributed by atoms with E-state index in [1.54, 1.807) is 0 Å². The Morgan fingerprint density at radius 2 is 2.10 bits per heavy atom. The van der Waals surface area contributed by atoms with Crippen molar-refractivity contribution >= 4 is 18.3 Å². The molecule has 0 aromatic carbocycles. The summed E-state index contributed by atoms with van der Waals surface area (Å²) in [4.78, 5) is 14.5.